The van der Waals surface area contributed by atoms with Gasteiger partial charge >= 0.3 is 0 Å². The Bertz CT molecular complexity index is 382. The summed E-state index contributed by atoms with van der Waals surface area (Å²) in [5.74, 6) is -0.401. The van der Waals surface area contributed by atoms with Crippen molar-refractivity contribution in [3.8, 4) is 0 Å². The van der Waals surface area contributed by atoms with Gasteiger partial charge in [0.05, 0.1) is 10.6 Å². The van der Waals surface area contributed by atoms with E-state index in [4.69, 9.17) is 22.1 Å². The number of benzene rings is 1. The van der Waals surface area contributed by atoms with Gasteiger partial charge in [0, 0.05) is 13.2 Å². The van der Waals surface area contributed by atoms with Crippen LogP contribution in [0.4, 0.5) is 4.39 Å². The first-order valence-electron chi connectivity index (χ1n) is 5.59. The van der Waals surface area contributed by atoms with E-state index in [1.807, 2.05) is 13.8 Å². The molecule has 4 heteroatoms. The largest absolute Gasteiger partial charge is 0.379 e. The first-order valence-corrected chi connectivity index (χ1v) is 5.97. The third kappa shape index (κ3) is 4.26. The van der Waals surface area contributed by atoms with Gasteiger partial charge in [-0.25, -0.2) is 4.39 Å². The van der Waals surface area contributed by atoms with Crippen molar-refractivity contribution in [1.29, 1.82) is 0 Å². The third-order valence-electron chi connectivity index (χ3n) is 2.82. The summed E-state index contributed by atoms with van der Waals surface area (Å²) in [7, 11) is 1.65. The van der Waals surface area contributed by atoms with Crippen LogP contribution in [0.2, 0.25) is 5.02 Å². The molecule has 2 N–H and O–H groups in total. The average Bonchev–Trinajstić information content (AvgIpc) is 2.24. The molecule has 0 saturated carbocycles. The van der Waals surface area contributed by atoms with Crippen LogP contribution in [0.15, 0.2) is 18.2 Å². The van der Waals surface area contributed by atoms with E-state index >= 15 is 0 Å². The van der Waals surface area contributed by atoms with E-state index in [0.717, 1.165) is 5.56 Å². The van der Waals surface area contributed by atoms with Gasteiger partial charge in [-0.3, -0.25) is 0 Å². The second-order valence-corrected chi connectivity index (χ2v) is 5.22. The summed E-state index contributed by atoms with van der Waals surface area (Å²) in [6, 6.07) is 4.68. The minimum absolute atomic E-state index is 0.107. The summed E-state index contributed by atoms with van der Waals surface area (Å²) in [6.07, 6.45) is 1.24. The van der Waals surface area contributed by atoms with Gasteiger partial charge in [0.2, 0.25) is 0 Å². The minimum atomic E-state index is -0.401. The van der Waals surface area contributed by atoms with Crippen molar-refractivity contribution in [2.24, 2.45) is 5.73 Å². The highest BCUT2D eigenvalue weighted by Crippen LogP contribution is 2.23. The van der Waals surface area contributed by atoms with Crippen LogP contribution in [-0.2, 0) is 11.2 Å². The SMILES string of the molecule is COC(C)(C)CC(N)Cc1cccc(F)c1Cl. The molecule has 0 aromatic heterocycles. The summed E-state index contributed by atoms with van der Waals surface area (Å²) in [5.41, 5.74) is 6.49. The molecule has 2 nitrogen and oxygen atoms in total. The molecule has 17 heavy (non-hydrogen) atoms. The van der Waals surface area contributed by atoms with E-state index < -0.39 is 5.82 Å². The Morgan fingerprint density at radius 3 is 2.71 bits per heavy atom. The summed E-state index contributed by atoms with van der Waals surface area (Å²) < 4.78 is 18.5. The maximum absolute atomic E-state index is 13.2. The normalized spacial score (nSPS) is 13.8. The lowest BCUT2D eigenvalue weighted by atomic mass is 9.94. The molecule has 0 amide bonds. The van der Waals surface area contributed by atoms with Gasteiger partial charge in [0.15, 0.2) is 0 Å². The lowest BCUT2D eigenvalue weighted by molar-refractivity contribution is 0.0102. The zero-order valence-corrected chi connectivity index (χ0v) is 11.2. The number of rotatable bonds is 5. The van der Waals surface area contributed by atoms with Gasteiger partial charge in [0.25, 0.3) is 0 Å². The molecule has 0 aliphatic heterocycles. The fraction of sp³-hybridized carbons (Fsp3) is 0.538. The van der Waals surface area contributed by atoms with E-state index in [-0.39, 0.29) is 16.7 Å². The van der Waals surface area contributed by atoms with Gasteiger partial charge in [-0.1, -0.05) is 23.7 Å². The molecular weight excluding hydrogens is 241 g/mol. The topological polar surface area (TPSA) is 35.2 Å². The van der Waals surface area contributed by atoms with E-state index in [1.54, 1.807) is 19.2 Å². The van der Waals surface area contributed by atoms with Gasteiger partial charge < -0.3 is 10.5 Å². The summed E-state index contributed by atoms with van der Waals surface area (Å²) in [4.78, 5) is 0. The first kappa shape index (κ1) is 14.4. The quantitative estimate of drug-likeness (QED) is 0.882. The number of nitrogens with two attached hydrogens (primary N) is 1. The Labute approximate surface area is 107 Å². The average molecular weight is 260 g/mol. The fourth-order valence-corrected chi connectivity index (χ4v) is 1.98. The molecule has 1 atom stereocenters. The lowest BCUT2D eigenvalue weighted by Gasteiger charge is -2.26. The van der Waals surface area contributed by atoms with E-state index in [0.29, 0.717) is 12.8 Å². The van der Waals surface area contributed by atoms with Crippen molar-refractivity contribution in [2.75, 3.05) is 7.11 Å². The van der Waals surface area contributed by atoms with Crippen LogP contribution in [0.3, 0.4) is 0 Å². The Kier molecular flexibility index (Phi) is 4.92. The molecule has 0 heterocycles. The Morgan fingerprint density at radius 2 is 2.12 bits per heavy atom. The number of hydrogen-bond donors (Lipinski definition) is 1. The van der Waals surface area contributed by atoms with Gasteiger partial charge in [-0.2, -0.15) is 0 Å². The van der Waals surface area contributed by atoms with Crippen LogP contribution < -0.4 is 5.73 Å². The summed E-state index contributed by atoms with van der Waals surface area (Å²) in [5, 5.41) is 0.165. The molecule has 0 radical (unpaired) electrons. The van der Waals surface area contributed by atoms with Crippen molar-refractivity contribution in [2.45, 2.75) is 38.3 Å². The molecule has 0 spiro atoms. The van der Waals surface area contributed by atoms with Gasteiger partial charge in [-0.05, 0) is 38.3 Å². The van der Waals surface area contributed by atoms with Crippen molar-refractivity contribution >= 4 is 11.6 Å². The highest BCUT2D eigenvalue weighted by atomic mass is 35.5. The highest BCUT2D eigenvalue weighted by Gasteiger charge is 2.21. The van der Waals surface area contributed by atoms with Crippen molar-refractivity contribution in [3.05, 3.63) is 34.6 Å². The van der Waals surface area contributed by atoms with E-state index in [9.17, 15) is 4.39 Å². The number of ether oxygens (including phenoxy) is 1. The number of halogens is 2. The second-order valence-electron chi connectivity index (χ2n) is 4.85. The molecule has 96 valence electrons. The number of methoxy groups -OCH3 is 1. The second kappa shape index (κ2) is 5.80. The molecule has 0 bridgehead atoms. The van der Waals surface area contributed by atoms with Crippen molar-refractivity contribution < 1.29 is 9.13 Å². The van der Waals surface area contributed by atoms with Crippen LogP contribution in [0.1, 0.15) is 25.8 Å². The summed E-state index contributed by atoms with van der Waals surface area (Å²) in [6.45, 7) is 3.94. The van der Waals surface area contributed by atoms with E-state index in [2.05, 4.69) is 0 Å². The van der Waals surface area contributed by atoms with Gasteiger partial charge in [0.1, 0.15) is 5.82 Å². The standard InChI is InChI=1S/C13H19ClFNO/c1-13(2,17-3)8-10(16)7-9-5-4-6-11(15)12(9)14/h4-6,10H,7-8,16H2,1-3H3. The van der Waals surface area contributed by atoms with Crippen LogP contribution in [0.5, 0.6) is 0 Å². The molecule has 0 aliphatic rings. The smallest absolute Gasteiger partial charge is 0.142 e. The van der Waals surface area contributed by atoms with Crippen molar-refractivity contribution in [3.63, 3.8) is 0 Å². The zero-order valence-electron chi connectivity index (χ0n) is 10.5. The first-order chi connectivity index (χ1) is 7.85. The molecule has 0 fully saturated rings. The Balaban J connectivity index is 2.68. The van der Waals surface area contributed by atoms with Crippen LogP contribution in [-0.4, -0.2) is 18.8 Å². The molecule has 1 aromatic rings. The minimum Gasteiger partial charge on any atom is -0.379 e. The van der Waals surface area contributed by atoms with Crippen LogP contribution in [0, 0.1) is 5.82 Å². The van der Waals surface area contributed by atoms with Crippen LogP contribution >= 0.6 is 11.6 Å². The Morgan fingerprint density at radius 1 is 1.47 bits per heavy atom. The molecule has 1 rings (SSSR count). The maximum Gasteiger partial charge on any atom is 0.142 e. The molecule has 0 saturated heterocycles. The summed E-state index contributed by atoms with van der Waals surface area (Å²) >= 11 is 5.88. The van der Waals surface area contributed by atoms with Crippen LogP contribution in [0.25, 0.3) is 0 Å². The molecular formula is C13H19ClFNO. The van der Waals surface area contributed by atoms with E-state index in [1.165, 1.54) is 6.07 Å². The fourth-order valence-electron chi connectivity index (χ4n) is 1.78. The van der Waals surface area contributed by atoms with Crippen molar-refractivity contribution in [1.82, 2.24) is 0 Å². The van der Waals surface area contributed by atoms with Gasteiger partial charge in [-0.15, -0.1) is 0 Å². The highest BCUT2D eigenvalue weighted by molar-refractivity contribution is 6.31. The Hall–Kier alpha value is -0.640. The molecule has 0 aliphatic carbocycles. The third-order valence-corrected chi connectivity index (χ3v) is 3.24. The maximum atomic E-state index is 13.2. The lowest BCUT2D eigenvalue weighted by Crippen LogP contribution is -2.35. The molecule has 1 unspecified atom stereocenters. The predicted octanol–water partition coefficient (Wildman–Crippen LogP) is 3.16. The zero-order chi connectivity index (χ0) is 13.1. The molecule has 1 aromatic carbocycles. The number of hydrogen-bond acceptors (Lipinski definition) is 2. The monoisotopic (exact) mass is 259 g/mol. The predicted molar refractivity (Wildman–Crippen MR) is 68.8 cm³/mol.